The largest absolute Gasteiger partial charge is 0.488 e. The summed E-state index contributed by atoms with van der Waals surface area (Å²) in [4.78, 5) is 19.0. The molecule has 2 fully saturated rings. The average molecular weight is 393 g/mol. The molecule has 1 unspecified atom stereocenters. The number of hydrogen-bond acceptors (Lipinski definition) is 6. The molecule has 150 valence electrons. The molecule has 1 atom stereocenters. The molecule has 1 aliphatic heterocycles. The summed E-state index contributed by atoms with van der Waals surface area (Å²) in [6.07, 6.45) is 4.76. The summed E-state index contributed by atoms with van der Waals surface area (Å²) in [5.41, 5.74) is 1.27. The number of para-hydroxylation sites is 1. The molecule has 29 heavy (non-hydrogen) atoms. The van der Waals surface area contributed by atoms with Crippen LogP contribution < -0.4 is 4.74 Å². The Bertz CT molecular complexity index is 1020. The Morgan fingerprint density at radius 1 is 1.24 bits per heavy atom. The van der Waals surface area contributed by atoms with Crippen molar-refractivity contribution in [3.05, 3.63) is 48.0 Å². The number of likely N-dealkylation sites (tertiary alicyclic amines) is 1. The van der Waals surface area contributed by atoms with E-state index in [0.717, 1.165) is 37.2 Å². The van der Waals surface area contributed by atoms with Gasteiger partial charge < -0.3 is 14.2 Å². The molecule has 1 aliphatic carbocycles. The van der Waals surface area contributed by atoms with Crippen LogP contribution in [-0.2, 0) is 6.54 Å². The predicted molar refractivity (Wildman–Crippen MR) is 105 cm³/mol. The van der Waals surface area contributed by atoms with Crippen LogP contribution in [0.4, 0.5) is 0 Å². The van der Waals surface area contributed by atoms with Crippen LogP contribution in [0.3, 0.4) is 0 Å². The number of aryl methyl sites for hydroxylation is 1. The maximum Gasteiger partial charge on any atom is 0.274 e. The predicted octanol–water partition coefficient (Wildman–Crippen LogP) is 3.12. The summed E-state index contributed by atoms with van der Waals surface area (Å²) in [5.74, 6) is 2.35. The summed E-state index contributed by atoms with van der Waals surface area (Å²) in [7, 11) is 0. The third kappa shape index (κ3) is 3.62. The minimum Gasteiger partial charge on any atom is -0.488 e. The van der Waals surface area contributed by atoms with E-state index in [0.29, 0.717) is 36.3 Å². The molecule has 3 heterocycles. The van der Waals surface area contributed by atoms with Crippen LogP contribution >= 0.6 is 0 Å². The first-order valence-corrected chi connectivity index (χ1v) is 10.1. The van der Waals surface area contributed by atoms with Crippen LogP contribution in [0.2, 0.25) is 0 Å². The van der Waals surface area contributed by atoms with Gasteiger partial charge in [-0.05, 0) is 38.0 Å². The van der Waals surface area contributed by atoms with Gasteiger partial charge in [0, 0.05) is 31.6 Å². The van der Waals surface area contributed by atoms with Gasteiger partial charge in [0.25, 0.3) is 11.8 Å². The van der Waals surface area contributed by atoms with Gasteiger partial charge in [-0.25, -0.2) is 0 Å². The molecule has 0 bridgehead atoms. The molecule has 0 radical (unpaired) electrons. The van der Waals surface area contributed by atoms with E-state index < -0.39 is 0 Å². The normalized spacial score (nSPS) is 18.9. The monoisotopic (exact) mass is 393 g/mol. The number of carbonyl (C=O) groups excluding carboxylic acids is 1. The standard InChI is InChI=1S/C21H23N5O3/c1-2-26-12-10-17(23-26)21(27)25-11-9-15(13-25)28-18-6-4-3-5-16(18)20-22-19(24-29-20)14-7-8-14/h3-6,10,12,14-15H,2,7-9,11,13H2,1H3. The Balaban J connectivity index is 1.28. The Morgan fingerprint density at radius 3 is 2.90 bits per heavy atom. The Hall–Kier alpha value is -3.16. The van der Waals surface area contributed by atoms with Crippen molar-refractivity contribution in [1.82, 2.24) is 24.8 Å². The number of aromatic nitrogens is 4. The van der Waals surface area contributed by atoms with Crippen LogP contribution in [-0.4, -0.2) is 49.9 Å². The molecule has 2 aromatic heterocycles. The number of rotatable bonds is 6. The highest BCUT2D eigenvalue weighted by Gasteiger charge is 2.31. The van der Waals surface area contributed by atoms with Crippen LogP contribution in [0.1, 0.15) is 48.4 Å². The first-order valence-electron chi connectivity index (χ1n) is 10.1. The van der Waals surface area contributed by atoms with Crippen LogP contribution in [0.15, 0.2) is 41.1 Å². The third-order valence-corrected chi connectivity index (χ3v) is 5.41. The smallest absolute Gasteiger partial charge is 0.274 e. The molecular weight excluding hydrogens is 370 g/mol. The molecule has 1 saturated heterocycles. The number of carbonyl (C=O) groups is 1. The molecule has 3 aromatic rings. The first kappa shape index (κ1) is 17.9. The van der Waals surface area contributed by atoms with Gasteiger partial charge in [0.15, 0.2) is 5.82 Å². The van der Waals surface area contributed by atoms with Crippen molar-refractivity contribution in [3.63, 3.8) is 0 Å². The number of hydrogen-bond donors (Lipinski definition) is 0. The van der Waals surface area contributed by atoms with E-state index in [2.05, 4.69) is 15.2 Å². The van der Waals surface area contributed by atoms with Crippen molar-refractivity contribution < 1.29 is 14.1 Å². The number of amides is 1. The lowest BCUT2D eigenvalue weighted by atomic mass is 10.2. The number of ether oxygens (including phenoxy) is 1. The van der Waals surface area contributed by atoms with Crippen LogP contribution in [0.25, 0.3) is 11.5 Å². The Labute approximate surface area is 168 Å². The van der Waals surface area contributed by atoms with Crippen molar-refractivity contribution >= 4 is 5.91 Å². The van der Waals surface area contributed by atoms with E-state index in [4.69, 9.17) is 9.26 Å². The number of nitrogens with zero attached hydrogens (tertiary/aromatic N) is 5. The lowest BCUT2D eigenvalue weighted by Crippen LogP contribution is -2.31. The van der Waals surface area contributed by atoms with Crippen molar-refractivity contribution in [2.75, 3.05) is 13.1 Å². The molecule has 2 aliphatic rings. The highest BCUT2D eigenvalue weighted by molar-refractivity contribution is 5.92. The zero-order chi connectivity index (χ0) is 19.8. The topological polar surface area (TPSA) is 86.3 Å². The molecule has 8 nitrogen and oxygen atoms in total. The SMILES string of the molecule is CCn1ccc(C(=O)N2CCC(Oc3ccccc3-c3nc(C4CC4)no3)C2)n1. The fraction of sp³-hybridized carbons (Fsp3) is 0.429. The lowest BCUT2D eigenvalue weighted by molar-refractivity contribution is 0.0766. The van der Waals surface area contributed by atoms with Gasteiger partial charge in [-0.2, -0.15) is 10.1 Å². The second-order valence-electron chi connectivity index (χ2n) is 7.56. The summed E-state index contributed by atoms with van der Waals surface area (Å²) < 4.78 is 13.5. The molecule has 5 rings (SSSR count). The highest BCUT2D eigenvalue weighted by atomic mass is 16.5. The van der Waals surface area contributed by atoms with Gasteiger partial charge in [0.2, 0.25) is 0 Å². The van der Waals surface area contributed by atoms with Crippen LogP contribution in [0.5, 0.6) is 5.75 Å². The van der Waals surface area contributed by atoms with E-state index in [-0.39, 0.29) is 12.0 Å². The molecule has 1 saturated carbocycles. The van der Waals surface area contributed by atoms with Gasteiger partial charge in [-0.1, -0.05) is 17.3 Å². The van der Waals surface area contributed by atoms with Crippen LogP contribution in [0, 0.1) is 0 Å². The molecule has 1 aromatic carbocycles. The van der Waals surface area contributed by atoms with Gasteiger partial charge in [-0.3, -0.25) is 9.48 Å². The fourth-order valence-electron chi connectivity index (χ4n) is 3.60. The van der Waals surface area contributed by atoms with E-state index >= 15 is 0 Å². The quantitative estimate of drug-likeness (QED) is 0.640. The Morgan fingerprint density at radius 2 is 2.10 bits per heavy atom. The zero-order valence-electron chi connectivity index (χ0n) is 16.3. The second kappa shape index (κ2) is 7.35. The van der Waals surface area contributed by atoms with Crippen molar-refractivity contribution in [3.8, 4) is 17.2 Å². The molecule has 0 spiro atoms. The van der Waals surface area contributed by atoms with Crippen molar-refractivity contribution in [2.24, 2.45) is 0 Å². The third-order valence-electron chi connectivity index (χ3n) is 5.41. The molecular formula is C21H23N5O3. The maximum atomic E-state index is 12.7. The van der Waals surface area contributed by atoms with Gasteiger partial charge in [0.05, 0.1) is 12.1 Å². The van der Waals surface area contributed by atoms with E-state index in [1.807, 2.05) is 37.4 Å². The van der Waals surface area contributed by atoms with Gasteiger partial charge in [0.1, 0.15) is 17.5 Å². The highest BCUT2D eigenvalue weighted by Crippen LogP contribution is 2.39. The van der Waals surface area contributed by atoms with E-state index in [9.17, 15) is 4.79 Å². The fourth-order valence-corrected chi connectivity index (χ4v) is 3.60. The average Bonchev–Trinajstić information content (AvgIpc) is 3.16. The maximum absolute atomic E-state index is 12.7. The van der Waals surface area contributed by atoms with E-state index in [1.165, 1.54) is 0 Å². The van der Waals surface area contributed by atoms with E-state index in [1.54, 1.807) is 15.6 Å². The molecule has 1 amide bonds. The second-order valence-corrected chi connectivity index (χ2v) is 7.56. The van der Waals surface area contributed by atoms with Gasteiger partial charge in [-0.15, -0.1) is 0 Å². The number of benzene rings is 1. The molecule has 0 N–H and O–H groups in total. The summed E-state index contributed by atoms with van der Waals surface area (Å²) >= 11 is 0. The lowest BCUT2D eigenvalue weighted by Gasteiger charge is -2.17. The Kier molecular flexibility index (Phi) is 4.54. The van der Waals surface area contributed by atoms with Crippen molar-refractivity contribution in [2.45, 2.75) is 44.8 Å². The summed E-state index contributed by atoms with van der Waals surface area (Å²) in [6, 6.07) is 9.45. The molecule has 8 heteroatoms. The summed E-state index contributed by atoms with van der Waals surface area (Å²) in [5, 5.41) is 8.42. The van der Waals surface area contributed by atoms with Crippen molar-refractivity contribution in [1.29, 1.82) is 0 Å². The van der Waals surface area contributed by atoms with Gasteiger partial charge >= 0.3 is 0 Å². The zero-order valence-corrected chi connectivity index (χ0v) is 16.3. The minimum atomic E-state index is -0.0841. The minimum absolute atomic E-state index is 0.0532. The first-order chi connectivity index (χ1) is 14.2. The summed E-state index contributed by atoms with van der Waals surface area (Å²) in [6.45, 7) is 3.92.